The topological polar surface area (TPSA) is 116 Å². The number of hydrogen-bond donors (Lipinski definition) is 2. The molecule has 3 heterocycles. The predicted octanol–water partition coefficient (Wildman–Crippen LogP) is 1.36. The summed E-state index contributed by atoms with van der Waals surface area (Å²) in [6.07, 6.45) is 5.40. The molecule has 1 aliphatic rings. The molecule has 4 rings (SSSR count). The highest BCUT2D eigenvalue weighted by Gasteiger charge is 2.28. The van der Waals surface area contributed by atoms with Gasteiger partial charge in [-0.25, -0.2) is 9.37 Å². The van der Waals surface area contributed by atoms with Crippen LogP contribution in [0.2, 0.25) is 0 Å². The Kier molecular flexibility index (Phi) is 5.13. The molecule has 3 N–H and O–H groups in total. The summed E-state index contributed by atoms with van der Waals surface area (Å²) < 4.78 is 14.8. The zero-order valence-corrected chi connectivity index (χ0v) is 15.5. The predicted molar refractivity (Wildman–Crippen MR) is 103 cm³/mol. The second-order valence-corrected chi connectivity index (χ2v) is 6.99. The van der Waals surface area contributed by atoms with E-state index in [-0.39, 0.29) is 24.2 Å². The number of nitrogens with two attached hydrogens (primary N) is 1. The Morgan fingerprint density at radius 1 is 1.21 bits per heavy atom. The lowest BCUT2D eigenvalue weighted by Crippen LogP contribution is -2.31. The first kappa shape index (κ1) is 18.9. The molecule has 0 spiro atoms. The largest absolute Gasteiger partial charge is 0.363 e. The molecule has 1 aliphatic heterocycles. The van der Waals surface area contributed by atoms with Crippen molar-refractivity contribution in [3.05, 3.63) is 60.3 Å². The zero-order chi connectivity index (χ0) is 20.4. The van der Waals surface area contributed by atoms with Gasteiger partial charge >= 0.3 is 0 Å². The van der Waals surface area contributed by atoms with Crippen LogP contribution in [0.3, 0.4) is 0 Å². The Hall–Kier alpha value is -3.46. The van der Waals surface area contributed by atoms with Gasteiger partial charge in [0.15, 0.2) is 5.82 Å². The first-order valence-corrected chi connectivity index (χ1v) is 9.20. The van der Waals surface area contributed by atoms with Crippen molar-refractivity contribution >= 4 is 11.7 Å². The van der Waals surface area contributed by atoms with Crippen LogP contribution in [0.25, 0.3) is 16.9 Å². The number of nitrogens with one attached hydrogen (secondary N) is 1. The van der Waals surface area contributed by atoms with E-state index < -0.39 is 11.7 Å². The summed E-state index contributed by atoms with van der Waals surface area (Å²) in [5, 5.41) is 11.2. The van der Waals surface area contributed by atoms with Crippen LogP contribution in [0.1, 0.15) is 24.3 Å². The van der Waals surface area contributed by atoms with Gasteiger partial charge in [-0.15, -0.1) is 4.80 Å². The van der Waals surface area contributed by atoms with Crippen molar-refractivity contribution in [3.63, 3.8) is 0 Å². The lowest BCUT2D eigenvalue weighted by molar-refractivity contribution is -0.136. The Labute approximate surface area is 165 Å². The van der Waals surface area contributed by atoms with E-state index in [1.54, 1.807) is 36.8 Å². The summed E-state index contributed by atoms with van der Waals surface area (Å²) in [5.74, 6) is -1.24. The molecular weight excluding hydrogens is 375 g/mol. The standard InChI is InChI=1S/C20H19FN6O2/c21-17-8-12(14-7-15(23-11-14)9-18(28)20(22)29)1-3-16(17)13-2-4-19(24-10-13)27-25-5-6-26-27/h1-6,8,10,14-15,23H,7,9,11H2,(H2,22,29)/t14-,15?/m1/s1. The van der Waals surface area contributed by atoms with Crippen LogP contribution in [0.4, 0.5) is 4.39 Å². The van der Waals surface area contributed by atoms with E-state index in [1.807, 2.05) is 6.07 Å². The van der Waals surface area contributed by atoms with Gasteiger partial charge in [-0.3, -0.25) is 9.59 Å². The molecule has 1 saturated heterocycles. The van der Waals surface area contributed by atoms with Gasteiger partial charge in [0.05, 0.1) is 12.4 Å². The van der Waals surface area contributed by atoms with Crippen molar-refractivity contribution in [3.8, 4) is 16.9 Å². The summed E-state index contributed by atoms with van der Waals surface area (Å²) in [6.45, 7) is 0.614. The van der Waals surface area contributed by atoms with Crippen molar-refractivity contribution in [2.24, 2.45) is 5.73 Å². The first-order chi connectivity index (χ1) is 14.0. The van der Waals surface area contributed by atoms with Crippen LogP contribution >= 0.6 is 0 Å². The van der Waals surface area contributed by atoms with E-state index in [0.717, 1.165) is 5.56 Å². The summed E-state index contributed by atoms with van der Waals surface area (Å²) in [4.78, 5) is 28.1. The maximum Gasteiger partial charge on any atom is 0.284 e. The van der Waals surface area contributed by atoms with Crippen molar-refractivity contribution in [2.75, 3.05) is 6.54 Å². The summed E-state index contributed by atoms with van der Waals surface area (Å²) in [7, 11) is 0. The number of halogens is 1. The van der Waals surface area contributed by atoms with Gasteiger partial charge in [-0.05, 0) is 36.1 Å². The number of primary amides is 1. The van der Waals surface area contributed by atoms with Gasteiger partial charge in [0, 0.05) is 36.3 Å². The van der Waals surface area contributed by atoms with E-state index in [0.29, 0.717) is 29.9 Å². The number of carbonyl (C=O) groups excluding carboxylic acids is 2. The molecule has 9 heteroatoms. The van der Waals surface area contributed by atoms with E-state index in [4.69, 9.17) is 5.73 Å². The molecule has 1 unspecified atom stereocenters. The summed E-state index contributed by atoms with van der Waals surface area (Å²) in [6, 6.07) is 8.50. The Balaban J connectivity index is 1.47. The monoisotopic (exact) mass is 394 g/mol. The van der Waals surface area contributed by atoms with Crippen LogP contribution in [-0.2, 0) is 9.59 Å². The lowest BCUT2D eigenvalue weighted by atomic mass is 9.93. The number of ketones is 1. The Morgan fingerprint density at radius 3 is 2.66 bits per heavy atom. The number of rotatable bonds is 6. The third kappa shape index (κ3) is 4.04. The summed E-state index contributed by atoms with van der Waals surface area (Å²) in [5.41, 5.74) is 6.96. The zero-order valence-electron chi connectivity index (χ0n) is 15.5. The second kappa shape index (κ2) is 7.88. The van der Waals surface area contributed by atoms with Crippen molar-refractivity contribution in [1.29, 1.82) is 0 Å². The van der Waals surface area contributed by atoms with Gasteiger partial charge < -0.3 is 11.1 Å². The average Bonchev–Trinajstić information content (AvgIpc) is 3.40. The van der Waals surface area contributed by atoms with Crippen molar-refractivity contribution in [2.45, 2.75) is 24.8 Å². The molecule has 148 valence electrons. The van der Waals surface area contributed by atoms with Crippen LogP contribution < -0.4 is 11.1 Å². The minimum Gasteiger partial charge on any atom is -0.363 e. The minimum atomic E-state index is -0.923. The van der Waals surface area contributed by atoms with Crippen molar-refractivity contribution < 1.29 is 14.0 Å². The number of aromatic nitrogens is 4. The SMILES string of the molecule is NC(=O)C(=O)CC1C[C@@H](c2ccc(-c3ccc(-n4nccn4)nc3)c(F)c2)CN1. The molecule has 29 heavy (non-hydrogen) atoms. The number of pyridine rings is 1. The smallest absolute Gasteiger partial charge is 0.284 e. The highest BCUT2D eigenvalue weighted by Crippen LogP contribution is 2.31. The van der Waals surface area contributed by atoms with Gasteiger partial charge in [-0.1, -0.05) is 12.1 Å². The molecule has 1 aromatic carbocycles. The third-order valence-electron chi connectivity index (χ3n) is 5.08. The van der Waals surface area contributed by atoms with Crippen LogP contribution in [0.5, 0.6) is 0 Å². The number of carbonyl (C=O) groups is 2. The second-order valence-electron chi connectivity index (χ2n) is 6.99. The molecular formula is C20H19FN6O2. The fraction of sp³-hybridized carbons (Fsp3) is 0.250. The number of Topliss-reactive ketones (excluding diaryl/α,β-unsaturated/α-hetero) is 1. The van der Waals surface area contributed by atoms with Crippen LogP contribution in [-0.4, -0.2) is 44.3 Å². The van der Waals surface area contributed by atoms with E-state index in [2.05, 4.69) is 20.5 Å². The highest BCUT2D eigenvalue weighted by molar-refractivity contribution is 6.35. The number of nitrogens with zero attached hydrogens (tertiary/aromatic N) is 4. The third-order valence-corrected chi connectivity index (χ3v) is 5.08. The molecule has 0 aliphatic carbocycles. The van der Waals surface area contributed by atoms with Gasteiger partial charge in [-0.2, -0.15) is 10.2 Å². The number of hydrogen-bond acceptors (Lipinski definition) is 6. The molecule has 2 aromatic heterocycles. The summed E-state index contributed by atoms with van der Waals surface area (Å²) >= 11 is 0. The fourth-order valence-corrected chi connectivity index (χ4v) is 3.57. The van der Waals surface area contributed by atoms with Gasteiger partial charge in [0.2, 0.25) is 5.78 Å². The molecule has 3 aromatic rings. The normalized spacial score (nSPS) is 18.7. The van der Waals surface area contributed by atoms with Gasteiger partial charge in [0.1, 0.15) is 5.82 Å². The lowest BCUT2D eigenvalue weighted by Gasteiger charge is -2.12. The molecule has 0 saturated carbocycles. The maximum absolute atomic E-state index is 14.8. The Bertz CT molecular complexity index is 1040. The van der Waals surface area contributed by atoms with E-state index in [9.17, 15) is 14.0 Å². The fourth-order valence-electron chi connectivity index (χ4n) is 3.57. The molecule has 2 atom stereocenters. The maximum atomic E-state index is 14.8. The first-order valence-electron chi connectivity index (χ1n) is 9.20. The highest BCUT2D eigenvalue weighted by atomic mass is 19.1. The Morgan fingerprint density at radius 2 is 2.00 bits per heavy atom. The molecule has 8 nitrogen and oxygen atoms in total. The van der Waals surface area contributed by atoms with Crippen molar-refractivity contribution in [1.82, 2.24) is 25.3 Å². The molecule has 1 amide bonds. The molecule has 1 fully saturated rings. The molecule has 0 radical (unpaired) electrons. The minimum absolute atomic E-state index is 0.0650. The van der Waals surface area contributed by atoms with Crippen LogP contribution in [0.15, 0.2) is 48.9 Å². The average molecular weight is 394 g/mol. The number of benzene rings is 1. The number of amides is 1. The van der Waals surface area contributed by atoms with Gasteiger partial charge in [0.25, 0.3) is 5.91 Å². The van der Waals surface area contributed by atoms with Crippen LogP contribution in [0, 0.1) is 5.82 Å². The molecule has 0 bridgehead atoms. The van der Waals surface area contributed by atoms with E-state index in [1.165, 1.54) is 10.9 Å². The quantitative estimate of drug-likeness (QED) is 0.610. The van der Waals surface area contributed by atoms with E-state index >= 15 is 0 Å².